The van der Waals surface area contributed by atoms with Crippen molar-refractivity contribution < 1.29 is 23.8 Å². The van der Waals surface area contributed by atoms with Crippen LogP contribution in [0.5, 0.6) is 11.5 Å². The molecule has 0 N–H and O–H groups in total. The summed E-state index contributed by atoms with van der Waals surface area (Å²) < 4.78 is 18.1. The van der Waals surface area contributed by atoms with Gasteiger partial charge in [-0.25, -0.2) is 4.79 Å². The third-order valence-electron chi connectivity index (χ3n) is 4.23. The van der Waals surface area contributed by atoms with Gasteiger partial charge in [-0.1, -0.05) is 17.4 Å². The number of aromatic nitrogens is 1. The highest BCUT2D eigenvalue weighted by molar-refractivity contribution is 7.16. The van der Waals surface area contributed by atoms with Crippen molar-refractivity contribution in [2.24, 2.45) is 4.99 Å². The van der Waals surface area contributed by atoms with Crippen molar-refractivity contribution in [1.29, 1.82) is 0 Å². The summed E-state index contributed by atoms with van der Waals surface area (Å²) >= 11 is 1.32. The minimum absolute atomic E-state index is 0.141. The second kappa shape index (κ2) is 7.32. The van der Waals surface area contributed by atoms with Gasteiger partial charge in [-0.05, 0) is 36.4 Å². The first kappa shape index (κ1) is 18.0. The fraction of sp³-hybridized carbons (Fsp3) is 0.150. The summed E-state index contributed by atoms with van der Waals surface area (Å²) in [7, 11) is 1.34. The van der Waals surface area contributed by atoms with Crippen LogP contribution < -0.4 is 14.3 Å². The molecular formula is C20H16N2O5S. The third-order valence-corrected chi connectivity index (χ3v) is 5.27. The van der Waals surface area contributed by atoms with Crippen molar-refractivity contribution in [3.8, 4) is 11.5 Å². The first-order valence-electron chi connectivity index (χ1n) is 8.42. The molecule has 2 heterocycles. The quantitative estimate of drug-likeness (QED) is 0.500. The Labute approximate surface area is 164 Å². The molecule has 1 aromatic heterocycles. The number of carbonyl (C=O) groups is 2. The summed E-state index contributed by atoms with van der Waals surface area (Å²) in [6.07, 6.45) is 1.73. The molecule has 0 aliphatic carbocycles. The maximum Gasteiger partial charge on any atom is 0.337 e. The van der Waals surface area contributed by atoms with Crippen molar-refractivity contribution >= 4 is 33.4 Å². The van der Waals surface area contributed by atoms with Crippen molar-refractivity contribution in [3.05, 3.63) is 65.0 Å². The second-order valence-electron chi connectivity index (χ2n) is 5.94. The average molecular weight is 396 g/mol. The number of benzene rings is 2. The number of rotatable bonds is 4. The smallest absolute Gasteiger partial charge is 0.337 e. The van der Waals surface area contributed by atoms with Gasteiger partial charge >= 0.3 is 5.97 Å². The van der Waals surface area contributed by atoms with Crippen molar-refractivity contribution in [1.82, 2.24) is 4.57 Å². The Morgan fingerprint density at radius 3 is 2.79 bits per heavy atom. The van der Waals surface area contributed by atoms with Crippen LogP contribution in [0.4, 0.5) is 0 Å². The van der Waals surface area contributed by atoms with Gasteiger partial charge in [0.15, 0.2) is 16.3 Å². The molecule has 0 radical (unpaired) electrons. The van der Waals surface area contributed by atoms with E-state index in [4.69, 9.17) is 14.2 Å². The molecular weight excluding hydrogens is 380 g/mol. The number of amides is 1. The van der Waals surface area contributed by atoms with Crippen LogP contribution in [0.2, 0.25) is 0 Å². The normalized spacial score (nSPS) is 13.0. The van der Waals surface area contributed by atoms with Gasteiger partial charge in [-0.15, -0.1) is 6.58 Å². The molecule has 0 atom stereocenters. The van der Waals surface area contributed by atoms with Crippen LogP contribution in [-0.2, 0) is 11.3 Å². The highest BCUT2D eigenvalue weighted by atomic mass is 32.1. The summed E-state index contributed by atoms with van der Waals surface area (Å²) in [6.45, 7) is 4.39. The van der Waals surface area contributed by atoms with Crippen molar-refractivity contribution in [2.45, 2.75) is 6.54 Å². The van der Waals surface area contributed by atoms with Crippen LogP contribution in [0.3, 0.4) is 0 Å². The minimum atomic E-state index is -0.416. The lowest BCUT2D eigenvalue weighted by Gasteiger charge is -2.02. The van der Waals surface area contributed by atoms with E-state index in [2.05, 4.69) is 11.6 Å². The Balaban J connectivity index is 1.79. The molecule has 4 rings (SSSR count). The van der Waals surface area contributed by atoms with E-state index in [0.29, 0.717) is 34.0 Å². The maximum atomic E-state index is 12.7. The number of ether oxygens (including phenoxy) is 3. The fourth-order valence-electron chi connectivity index (χ4n) is 2.89. The number of fused-ring (bicyclic) bond motifs is 2. The van der Waals surface area contributed by atoms with Crippen LogP contribution in [-0.4, -0.2) is 30.3 Å². The topological polar surface area (TPSA) is 79.1 Å². The number of thiazole rings is 1. The molecule has 1 amide bonds. The summed E-state index contributed by atoms with van der Waals surface area (Å²) in [6, 6.07) is 10.2. The monoisotopic (exact) mass is 396 g/mol. The molecule has 1 aliphatic rings. The van der Waals surface area contributed by atoms with Gasteiger partial charge in [-0.3, -0.25) is 4.79 Å². The van der Waals surface area contributed by atoms with Crippen LogP contribution in [0.15, 0.2) is 54.0 Å². The lowest BCUT2D eigenvalue weighted by Crippen LogP contribution is -2.16. The SMILES string of the molecule is C=CCn1c(=NC(=O)c2ccc3c(c2)OCO3)sc2cc(C(=O)OC)ccc21. The molecule has 0 bridgehead atoms. The first-order chi connectivity index (χ1) is 13.6. The van der Waals surface area contributed by atoms with Crippen LogP contribution in [0, 0.1) is 0 Å². The Hall–Kier alpha value is -3.39. The Morgan fingerprint density at radius 1 is 1.21 bits per heavy atom. The Kier molecular flexibility index (Phi) is 4.70. The highest BCUT2D eigenvalue weighted by Crippen LogP contribution is 2.32. The Morgan fingerprint density at radius 2 is 2.00 bits per heavy atom. The van der Waals surface area contributed by atoms with Crippen molar-refractivity contribution in [3.63, 3.8) is 0 Å². The van der Waals surface area contributed by atoms with Gasteiger partial charge in [0.1, 0.15) is 0 Å². The van der Waals surface area contributed by atoms with E-state index in [1.165, 1.54) is 18.4 Å². The molecule has 2 aromatic carbocycles. The van der Waals surface area contributed by atoms with E-state index >= 15 is 0 Å². The van der Waals surface area contributed by atoms with E-state index in [1.54, 1.807) is 36.4 Å². The zero-order valence-corrected chi connectivity index (χ0v) is 15.8. The van der Waals surface area contributed by atoms with Crippen LogP contribution in [0.25, 0.3) is 10.2 Å². The number of hydrogen-bond donors (Lipinski definition) is 0. The summed E-state index contributed by atoms with van der Waals surface area (Å²) in [4.78, 5) is 29.3. The van der Waals surface area contributed by atoms with Gasteiger partial charge in [0.25, 0.3) is 5.91 Å². The van der Waals surface area contributed by atoms with E-state index < -0.39 is 11.9 Å². The summed E-state index contributed by atoms with van der Waals surface area (Å²) in [5.41, 5.74) is 1.70. The highest BCUT2D eigenvalue weighted by Gasteiger charge is 2.17. The van der Waals surface area contributed by atoms with Crippen LogP contribution >= 0.6 is 11.3 Å². The van der Waals surface area contributed by atoms with Crippen LogP contribution in [0.1, 0.15) is 20.7 Å². The molecule has 8 heteroatoms. The molecule has 0 spiro atoms. The molecule has 3 aromatic rings. The summed E-state index contributed by atoms with van der Waals surface area (Å²) in [5.74, 6) is 0.325. The maximum absolute atomic E-state index is 12.7. The molecule has 0 saturated heterocycles. The molecule has 7 nitrogen and oxygen atoms in total. The zero-order valence-electron chi connectivity index (χ0n) is 15.0. The number of carbonyl (C=O) groups excluding carboxylic acids is 2. The fourth-order valence-corrected chi connectivity index (χ4v) is 3.97. The molecule has 28 heavy (non-hydrogen) atoms. The van der Waals surface area contributed by atoms with E-state index in [0.717, 1.165) is 10.2 Å². The molecule has 142 valence electrons. The Bertz CT molecular complexity index is 1180. The van der Waals surface area contributed by atoms with Gasteiger partial charge in [0, 0.05) is 12.1 Å². The largest absolute Gasteiger partial charge is 0.465 e. The van der Waals surface area contributed by atoms with Crippen molar-refractivity contribution in [2.75, 3.05) is 13.9 Å². The number of nitrogens with zero attached hydrogens (tertiary/aromatic N) is 2. The third kappa shape index (κ3) is 3.18. The zero-order chi connectivity index (χ0) is 19.7. The minimum Gasteiger partial charge on any atom is -0.465 e. The number of methoxy groups -OCH3 is 1. The standard InChI is InChI=1S/C20H16N2O5S/c1-3-8-22-14-6-4-13(19(24)25-2)10-17(14)28-20(22)21-18(23)12-5-7-15-16(9-12)27-11-26-15/h3-7,9-10H,1,8,11H2,2H3. The number of esters is 1. The lowest BCUT2D eigenvalue weighted by atomic mass is 10.2. The molecule has 0 saturated carbocycles. The molecule has 0 fully saturated rings. The summed E-state index contributed by atoms with van der Waals surface area (Å²) in [5, 5.41) is 0. The first-order valence-corrected chi connectivity index (χ1v) is 9.23. The second-order valence-corrected chi connectivity index (χ2v) is 6.95. The predicted octanol–water partition coefficient (Wildman–Crippen LogP) is 3.15. The molecule has 1 aliphatic heterocycles. The van der Waals surface area contributed by atoms with E-state index in [9.17, 15) is 9.59 Å². The van der Waals surface area contributed by atoms with Gasteiger partial charge < -0.3 is 18.8 Å². The number of hydrogen-bond acceptors (Lipinski definition) is 6. The van der Waals surface area contributed by atoms with Gasteiger partial charge in [0.2, 0.25) is 6.79 Å². The number of allylic oxidation sites excluding steroid dienone is 1. The molecule has 0 unspecified atom stereocenters. The van der Waals surface area contributed by atoms with Gasteiger partial charge in [0.05, 0.1) is 22.9 Å². The van der Waals surface area contributed by atoms with E-state index in [-0.39, 0.29) is 6.79 Å². The van der Waals surface area contributed by atoms with Gasteiger partial charge in [-0.2, -0.15) is 4.99 Å². The lowest BCUT2D eigenvalue weighted by molar-refractivity contribution is 0.0600. The average Bonchev–Trinajstić information content (AvgIpc) is 3.31. The predicted molar refractivity (Wildman–Crippen MR) is 104 cm³/mol. The van der Waals surface area contributed by atoms with E-state index in [1.807, 2.05) is 10.6 Å².